The van der Waals surface area contributed by atoms with Crippen LogP contribution in [0.5, 0.6) is 0 Å². The van der Waals surface area contributed by atoms with Crippen LogP contribution in [0.3, 0.4) is 0 Å². The molecule has 0 aromatic carbocycles. The zero-order valence-electron chi connectivity index (χ0n) is 8.60. The first kappa shape index (κ1) is 10.0. The van der Waals surface area contributed by atoms with Gasteiger partial charge in [-0.3, -0.25) is 0 Å². The van der Waals surface area contributed by atoms with Crippen molar-refractivity contribution in [3.63, 3.8) is 0 Å². The summed E-state index contributed by atoms with van der Waals surface area (Å²) in [6.45, 7) is 6.91. The van der Waals surface area contributed by atoms with E-state index in [1.807, 2.05) is 0 Å². The van der Waals surface area contributed by atoms with Crippen LogP contribution in [0.1, 0.15) is 46.0 Å². The molecule has 0 saturated heterocycles. The zero-order valence-corrected chi connectivity index (χ0v) is 8.60. The summed E-state index contributed by atoms with van der Waals surface area (Å²) in [6.07, 6.45) is 7.28. The van der Waals surface area contributed by atoms with E-state index < -0.39 is 0 Å². The molecule has 0 aliphatic heterocycles. The zero-order chi connectivity index (χ0) is 8.81. The molecule has 0 unspecified atom stereocenters. The van der Waals surface area contributed by atoms with E-state index in [1.54, 1.807) is 0 Å². The highest BCUT2D eigenvalue weighted by atomic mass is 14.8. The standard InChI is InChI=1S/C11H23N/c1-3-10-5-7-11(8-6-10)9-12-4-2/h10-12H,3-9H2,1-2H3. The molecule has 1 nitrogen and oxygen atoms in total. The second-order valence-corrected chi connectivity index (χ2v) is 4.10. The highest BCUT2D eigenvalue weighted by Gasteiger charge is 2.18. The summed E-state index contributed by atoms with van der Waals surface area (Å²) in [6, 6.07) is 0. The van der Waals surface area contributed by atoms with E-state index in [2.05, 4.69) is 19.2 Å². The molecular formula is C11H23N. The Morgan fingerprint density at radius 2 is 1.58 bits per heavy atom. The second kappa shape index (κ2) is 5.58. The molecule has 0 aromatic rings. The van der Waals surface area contributed by atoms with Gasteiger partial charge in [0.05, 0.1) is 0 Å². The van der Waals surface area contributed by atoms with Crippen LogP contribution in [-0.4, -0.2) is 13.1 Å². The lowest BCUT2D eigenvalue weighted by atomic mass is 9.81. The van der Waals surface area contributed by atoms with E-state index in [4.69, 9.17) is 0 Å². The van der Waals surface area contributed by atoms with Gasteiger partial charge in [0, 0.05) is 0 Å². The fourth-order valence-corrected chi connectivity index (χ4v) is 2.19. The van der Waals surface area contributed by atoms with Crippen molar-refractivity contribution < 1.29 is 0 Å². The molecule has 0 aromatic heterocycles. The monoisotopic (exact) mass is 169 g/mol. The molecular weight excluding hydrogens is 146 g/mol. The average Bonchev–Trinajstić information content (AvgIpc) is 2.15. The molecule has 0 amide bonds. The lowest BCUT2D eigenvalue weighted by Crippen LogP contribution is -2.26. The first-order valence-corrected chi connectivity index (χ1v) is 5.57. The van der Waals surface area contributed by atoms with Crippen molar-refractivity contribution in [2.75, 3.05) is 13.1 Å². The highest BCUT2D eigenvalue weighted by Crippen LogP contribution is 2.29. The molecule has 1 rings (SSSR count). The molecule has 1 fully saturated rings. The molecule has 0 bridgehead atoms. The predicted octanol–water partition coefficient (Wildman–Crippen LogP) is 2.81. The van der Waals surface area contributed by atoms with E-state index in [-0.39, 0.29) is 0 Å². The Hall–Kier alpha value is -0.0400. The van der Waals surface area contributed by atoms with E-state index in [9.17, 15) is 0 Å². The summed E-state index contributed by atoms with van der Waals surface area (Å²) in [5.74, 6) is 2.02. The van der Waals surface area contributed by atoms with Gasteiger partial charge in [-0.1, -0.05) is 33.1 Å². The fraction of sp³-hybridized carbons (Fsp3) is 1.00. The second-order valence-electron chi connectivity index (χ2n) is 4.10. The summed E-state index contributed by atoms with van der Waals surface area (Å²) >= 11 is 0. The molecule has 1 aliphatic carbocycles. The normalized spacial score (nSPS) is 30.5. The van der Waals surface area contributed by atoms with Crippen LogP contribution >= 0.6 is 0 Å². The molecule has 1 aliphatic rings. The van der Waals surface area contributed by atoms with E-state index >= 15 is 0 Å². The maximum Gasteiger partial charge on any atom is -0.00206 e. The SMILES string of the molecule is CCNCC1CCC(CC)CC1. The Morgan fingerprint density at radius 3 is 2.08 bits per heavy atom. The van der Waals surface area contributed by atoms with E-state index in [0.717, 1.165) is 18.4 Å². The topological polar surface area (TPSA) is 12.0 Å². The first-order chi connectivity index (χ1) is 5.86. The number of hydrogen-bond donors (Lipinski definition) is 1. The third kappa shape index (κ3) is 3.14. The number of rotatable bonds is 4. The lowest BCUT2D eigenvalue weighted by molar-refractivity contribution is 0.264. The van der Waals surface area contributed by atoms with E-state index in [1.165, 1.54) is 38.6 Å². The largest absolute Gasteiger partial charge is 0.317 e. The van der Waals surface area contributed by atoms with Crippen LogP contribution in [0.4, 0.5) is 0 Å². The summed E-state index contributed by atoms with van der Waals surface area (Å²) in [5.41, 5.74) is 0. The van der Waals surface area contributed by atoms with Gasteiger partial charge < -0.3 is 5.32 Å². The van der Waals surface area contributed by atoms with Crippen molar-refractivity contribution >= 4 is 0 Å². The van der Waals surface area contributed by atoms with Crippen LogP contribution in [0.2, 0.25) is 0 Å². The van der Waals surface area contributed by atoms with Crippen molar-refractivity contribution in [1.82, 2.24) is 5.32 Å². The average molecular weight is 169 g/mol. The van der Waals surface area contributed by atoms with Gasteiger partial charge >= 0.3 is 0 Å². The molecule has 0 atom stereocenters. The van der Waals surface area contributed by atoms with Crippen molar-refractivity contribution in [1.29, 1.82) is 0 Å². The Morgan fingerprint density at radius 1 is 1.00 bits per heavy atom. The van der Waals surface area contributed by atoms with Gasteiger partial charge in [-0.25, -0.2) is 0 Å². The predicted molar refractivity (Wildman–Crippen MR) is 54.3 cm³/mol. The van der Waals surface area contributed by atoms with E-state index in [0.29, 0.717) is 0 Å². The third-order valence-corrected chi connectivity index (χ3v) is 3.23. The molecule has 72 valence electrons. The first-order valence-electron chi connectivity index (χ1n) is 5.57. The Kier molecular flexibility index (Phi) is 4.67. The smallest absolute Gasteiger partial charge is 0.00206 e. The van der Waals surface area contributed by atoms with Gasteiger partial charge in [-0.05, 0) is 37.8 Å². The molecule has 1 heteroatoms. The fourth-order valence-electron chi connectivity index (χ4n) is 2.19. The number of hydrogen-bond acceptors (Lipinski definition) is 1. The molecule has 0 heterocycles. The van der Waals surface area contributed by atoms with Crippen LogP contribution in [0.25, 0.3) is 0 Å². The molecule has 1 N–H and O–H groups in total. The summed E-state index contributed by atoms with van der Waals surface area (Å²) in [4.78, 5) is 0. The minimum absolute atomic E-state index is 0.979. The molecule has 1 saturated carbocycles. The van der Waals surface area contributed by atoms with Crippen LogP contribution in [-0.2, 0) is 0 Å². The van der Waals surface area contributed by atoms with Gasteiger partial charge in [-0.2, -0.15) is 0 Å². The summed E-state index contributed by atoms with van der Waals surface area (Å²) in [5, 5.41) is 3.45. The summed E-state index contributed by atoms with van der Waals surface area (Å²) in [7, 11) is 0. The van der Waals surface area contributed by atoms with Crippen molar-refractivity contribution in [3.05, 3.63) is 0 Å². The van der Waals surface area contributed by atoms with Gasteiger partial charge in [0.2, 0.25) is 0 Å². The summed E-state index contributed by atoms with van der Waals surface area (Å²) < 4.78 is 0. The van der Waals surface area contributed by atoms with Crippen molar-refractivity contribution in [2.45, 2.75) is 46.0 Å². The van der Waals surface area contributed by atoms with Gasteiger partial charge in [0.25, 0.3) is 0 Å². The Balaban J connectivity index is 2.09. The van der Waals surface area contributed by atoms with Crippen molar-refractivity contribution in [3.8, 4) is 0 Å². The third-order valence-electron chi connectivity index (χ3n) is 3.23. The highest BCUT2D eigenvalue weighted by molar-refractivity contribution is 4.72. The minimum Gasteiger partial charge on any atom is -0.317 e. The molecule has 0 radical (unpaired) electrons. The van der Waals surface area contributed by atoms with Crippen LogP contribution in [0.15, 0.2) is 0 Å². The van der Waals surface area contributed by atoms with Crippen LogP contribution < -0.4 is 5.32 Å². The Labute approximate surface area is 76.9 Å². The quantitative estimate of drug-likeness (QED) is 0.682. The van der Waals surface area contributed by atoms with Gasteiger partial charge in [0.1, 0.15) is 0 Å². The van der Waals surface area contributed by atoms with Crippen molar-refractivity contribution in [2.24, 2.45) is 11.8 Å². The maximum absolute atomic E-state index is 3.45. The lowest BCUT2D eigenvalue weighted by Gasteiger charge is -2.27. The van der Waals surface area contributed by atoms with Crippen LogP contribution in [0, 0.1) is 11.8 Å². The molecule has 0 spiro atoms. The molecule has 12 heavy (non-hydrogen) atoms. The maximum atomic E-state index is 3.45. The van der Waals surface area contributed by atoms with Gasteiger partial charge in [0.15, 0.2) is 0 Å². The van der Waals surface area contributed by atoms with Gasteiger partial charge in [-0.15, -0.1) is 0 Å². The minimum atomic E-state index is 0.979. The number of nitrogens with one attached hydrogen (secondary N) is 1. The Bertz CT molecular complexity index is 104.